The first kappa shape index (κ1) is 15.1. The van der Waals surface area contributed by atoms with Gasteiger partial charge in [0.1, 0.15) is 18.0 Å². The van der Waals surface area contributed by atoms with Gasteiger partial charge in [0, 0.05) is 19.1 Å². The second-order valence-electron chi connectivity index (χ2n) is 4.91. The van der Waals surface area contributed by atoms with E-state index in [0.717, 1.165) is 18.6 Å². The third-order valence-corrected chi connectivity index (χ3v) is 3.28. The van der Waals surface area contributed by atoms with Gasteiger partial charge in [-0.15, -0.1) is 0 Å². The average molecular weight is 289 g/mol. The molecule has 3 unspecified atom stereocenters. The fraction of sp³-hybridized carbons (Fsp3) is 0.571. The number of ether oxygens (including phenoxy) is 2. The summed E-state index contributed by atoms with van der Waals surface area (Å²) in [5.74, 6) is 0.403. The third-order valence-electron chi connectivity index (χ3n) is 3.28. The van der Waals surface area contributed by atoms with Crippen LogP contribution < -0.4 is 10.5 Å². The van der Waals surface area contributed by atoms with Crippen LogP contribution in [0.1, 0.15) is 25.3 Å². The van der Waals surface area contributed by atoms with Gasteiger partial charge in [0.15, 0.2) is 0 Å². The van der Waals surface area contributed by atoms with Crippen molar-refractivity contribution >= 4 is 0 Å². The van der Waals surface area contributed by atoms with Crippen molar-refractivity contribution in [3.63, 3.8) is 0 Å². The molecule has 0 saturated heterocycles. The largest absolute Gasteiger partial charge is 0.488 e. The zero-order valence-corrected chi connectivity index (χ0v) is 11.2. The molecule has 1 aliphatic carbocycles. The highest BCUT2D eigenvalue weighted by atomic mass is 19.4. The van der Waals surface area contributed by atoms with E-state index in [1.54, 1.807) is 0 Å². The Labute approximate surface area is 115 Å². The van der Waals surface area contributed by atoms with Crippen LogP contribution in [-0.2, 0) is 10.9 Å². The predicted octanol–water partition coefficient (Wildman–Crippen LogP) is 2.98. The molecule has 1 fully saturated rings. The first-order chi connectivity index (χ1) is 9.41. The molecule has 1 saturated carbocycles. The molecular weight excluding hydrogens is 271 g/mol. The Hall–Kier alpha value is -1.27. The van der Waals surface area contributed by atoms with Gasteiger partial charge in [0.2, 0.25) is 0 Å². The summed E-state index contributed by atoms with van der Waals surface area (Å²) in [6.45, 7) is 2.60. The molecular formula is C14H18F3NO2. The Morgan fingerprint density at radius 1 is 1.25 bits per heavy atom. The zero-order chi connectivity index (χ0) is 14.8. The highest BCUT2D eigenvalue weighted by Crippen LogP contribution is 2.32. The van der Waals surface area contributed by atoms with Gasteiger partial charge in [-0.05, 0) is 30.7 Å². The van der Waals surface area contributed by atoms with E-state index in [1.165, 1.54) is 12.1 Å². The molecule has 2 rings (SSSR count). The van der Waals surface area contributed by atoms with Crippen molar-refractivity contribution in [2.45, 2.75) is 44.2 Å². The van der Waals surface area contributed by atoms with Crippen molar-refractivity contribution in [2.24, 2.45) is 5.73 Å². The van der Waals surface area contributed by atoms with Crippen molar-refractivity contribution in [2.75, 3.05) is 6.61 Å². The van der Waals surface area contributed by atoms with E-state index in [4.69, 9.17) is 15.2 Å². The zero-order valence-electron chi connectivity index (χ0n) is 11.2. The standard InChI is InChI=1S/C14H18F3NO2/c1-2-7-19-13-11(18)8-12(13)20-10-5-3-9(4-6-10)14(15,16)17/h3-6,11-13H,2,7-8,18H2,1H3. The summed E-state index contributed by atoms with van der Waals surface area (Å²) in [7, 11) is 0. The van der Waals surface area contributed by atoms with Gasteiger partial charge in [-0.1, -0.05) is 6.92 Å². The molecule has 0 bridgehead atoms. The van der Waals surface area contributed by atoms with E-state index in [1.807, 2.05) is 6.92 Å². The van der Waals surface area contributed by atoms with E-state index in [2.05, 4.69) is 0 Å². The first-order valence-electron chi connectivity index (χ1n) is 6.63. The van der Waals surface area contributed by atoms with Gasteiger partial charge >= 0.3 is 6.18 Å². The van der Waals surface area contributed by atoms with Crippen LogP contribution in [0.25, 0.3) is 0 Å². The van der Waals surface area contributed by atoms with Gasteiger partial charge in [-0.25, -0.2) is 0 Å². The van der Waals surface area contributed by atoms with Gasteiger partial charge in [0.25, 0.3) is 0 Å². The van der Waals surface area contributed by atoms with E-state index < -0.39 is 11.7 Å². The van der Waals surface area contributed by atoms with Crippen LogP contribution in [0, 0.1) is 0 Å². The van der Waals surface area contributed by atoms with Gasteiger partial charge in [-0.3, -0.25) is 0 Å². The number of hydrogen-bond donors (Lipinski definition) is 1. The Bertz CT molecular complexity index is 433. The maximum absolute atomic E-state index is 12.4. The summed E-state index contributed by atoms with van der Waals surface area (Å²) in [5.41, 5.74) is 5.15. The second kappa shape index (κ2) is 6.01. The fourth-order valence-electron chi connectivity index (χ4n) is 2.11. The van der Waals surface area contributed by atoms with Crippen molar-refractivity contribution < 1.29 is 22.6 Å². The first-order valence-corrected chi connectivity index (χ1v) is 6.63. The summed E-state index contributed by atoms with van der Waals surface area (Å²) < 4.78 is 48.5. The molecule has 0 radical (unpaired) electrons. The Kier molecular flexibility index (Phi) is 4.55. The molecule has 0 heterocycles. The van der Waals surface area contributed by atoms with E-state index >= 15 is 0 Å². The maximum Gasteiger partial charge on any atom is 0.416 e. The number of benzene rings is 1. The van der Waals surface area contributed by atoms with Crippen molar-refractivity contribution in [1.82, 2.24) is 0 Å². The number of nitrogens with two attached hydrogens (primary N) is 1. The molecule has 0 aromatic heterocycles. The lowest BCUT2D eigenvalue weighted by molar-refractivity contribution is -0.137. The number of hydrogen-bond acceptors (Lipinski definition) is 3. The molecule has 6 heteroatoms. The molecule has 2 N–H and O–H groups in total. The molecule has 1 aliphatic rings. The molecule has 1 aromatic rings. The topological polar surface area (TPSA) is 44.5 Å². The summed E-state index contributed by atoms with van der Waals surface area (Å²) in [6, 6.07) is 4.60. The van der Waals surface area contributed by atoms with Crippen molar-refractivity contribution in [1.29, 1.82) is 0 Å². The van der Waals surface area contributed by atoms with Crippen LogP contribution in [0.4, 0.5) is 13.2 Å². The molecule has 1 aromatic carbocycles. The van der Waals surface area contributed by atoms with Crippen LogP contribution in [-0.4, -0.2) is 24.9 Å². The van der Waals surface area contributed by atoms with E-state index in [9.17, 15) is 13.2 Å². The number of halogens is 3. The minimum atomic E-state index is -4.33. The van der Waals surface area contributed by atoms with Gasteiger partial charge in [0.05, 0.1) is 5.56 Å². The minimum Gasteiger partial charge on any atom is -0.488 e. The summed E-state index contributed by atoms with van der Waals surface area (Å²) in [6.07, 6.45) is -3.17. The summed E-state index contributed by atoms with van der Waals surface area (Å²) >= 11 is 0. The van der Waals surface area contributed by atoms with Crippen LogP contribution in [0.3, 0.4) is 0 Å². The van der Waals surface area contributed by atoms with E-state index in [0.29, 0.717) is 18.8 Å². The maximum atomic E-state index is 12.4. The average Bonchev–Trinajstić information content (AvgIpc) is 2.38. The quantitative estimate of drug-likeness (QED) is 0.906. The normalized spacial score (nSPS) is 26.1. The SMILES string of the molecule is CCCOC1C(N)CC1Oc1ccc(C(F)(F)F)cc1. The van der Waals surface area contributed by atoms with E-state index in [-0.39, 0.29) is 18.2 Å². The number of alkyl halides is 3. The van der Waals surface area contributed by atoms with Crippen molar-refractivity contribution in [3.8, 4) is 5.75 Å². The second-order valence-corrected chi connectivity index (χ2v) is 4.91. The summed E-state index contributed by atoms with van der Waals surface area (Å²) in [4.78, 5) is 0. The monoisotopic (exact) mass is 289 g/mol. The molecule has 0 amide bonds. The third kappa shape index (κ3) is 3.43. The highest BCUT2D eigenvalue weighted by Gasteiger charge is 2.41. The molecule has 112 valence electrons. The molecule has 0 spiro atoms. The van der Waals surface area contributed by atoms with Crippen LogP contribution in [0.5, 0.6) is 5.75 Å². The number of rotatable bonds is 5. The molecule has 3 atom stereocenters. The Morgan fingerprint density at radius 3 is 2.40 bits per heavy atom. The lowest BCUT2D eigenvalue weighted by Crippen LogP contribution is -2.59. The van der Waals surface area contributed by atoms with Crippen LogP contribution in [0.15, 0.2) is 24.3 Å². The smallest absolute Gasteiger partial charge is 0.416 e. The molecule has 3 nitrogen and oxygen atoms in total. The predicted molar refractivity (Wildman–Crippen MR) is 68.5 cm³/mol. The van der Waals surface area contributed by atoms with Crippen LogP contribution in [0.2, 0.25) is 0 Å². The fourth-order valence-corrected chi connectivity index (χ4v) is 2.11. The minimum absolute atomic E-state index is 0.0685. The molecule has 0 aliphatic heterocycles. The lowest BCUT2D eigenvalue weighted by Gasteiger charge is -2.41. The lowest BCUT2D eigenvalue weighted by atomic mass is 9.86. The summed E-state index contributed by atoms with van der Waals surface area (Å²) in [5, 5.41) is 0. The molecule has 20 heavy (non-hydrogen) atoms. The highest BCUT2D eigenvalue weighted by molar-refractivity contribution is 5.29. The van der Waals surface area contributed by atoms with Gasteiger partial charge in [-0.2, -0.15) is 13.2 Å². The van der Waals surface area contributed by atoms with Crippen molar-refractivity contribution in [3.05, 3.63) is 29.8 Å². The Morgan fingerprint density at radius 2 is 1.90 bits per heavy atom. The Balaban J connectivity index is 1.93. The van der Waals surface area contributed by atoms with Crippen LogP contribution >= 0.6 is 0 Å². The van der Waals surface area contributed by atoms with Gasteiger partial charge < -0.3 is 15.2 Å².